The molecule has 0 saturated heterocycles. The standard InChI is InChI=1S/C23H21N7O/c1-14-7-16(5-4-6-24)8-15(2)19(14)31-20-18-17(9-26-30(18)3)27-21(28-20)29-23-10-22(11-23,12-23)13-25/h4-5,7-9H,10-12H2,1-3H3,(H,27,28,29)/b5-4+. The number of nitriles is 2. The number of aromatic nitrogens is 4. The van der Waals surface area contributed by atoms with Crippen LogP contribution in [0.15, 0.2) is 24.4 Å². The molecular formula is C23H21N7O. The number of hydrogen-bond donors (Lipinski definition) is 1. The summed E-state index contributed by atoms with van der Waals surface area (Å²) < 4.78 is 8.02. The van der Waals surface area contributed by atoms with Gasteiger partial charge in [-0.05, 0) is 68.0 Å². The minimum Gasteiger partial charge on any atom is -0.436 e. The highest BCUT2D eigenvalue weighted by molar-refractivity contribution is 5.81. The van der Waals surface area contributed by atoms with Crippen molar-refractivity contribution in [1.29, 1.82) is 10.5 Å². The third-order valence-electron chi connectivity index (χ3n) is 6.23. The number of benzene rings is 1. The normalized spacial score (nSPS) is 23.6. The van der Waals surface area contributed by atoms with Crippen LogP contribution in [0.3, 0.4) is 0 Å². The molecule has 0 atom stereocenters. The second kappa shape index (κ2) is 6.55. The molecular weight excluding hydrogens is 390 g/mol. The van der Waals surface area contributed by atoms with Crippen molar-refractivity contribution >= 4 is 23.1 Å². The Kier molecular flexibility index (Phi) is 4.03. The summed E-state index contributed by atoms with van der Waals surface area (Å²) in [6.07, 6.45) is 7.42. The number of allylic oxidation sites excluding steroid dienone is 1. The first-order chi connectivity index (χ1) is 14.9. The van der Waals surface area contributed by atoms with Crippen molar-refractivity contribution in [1.82, 2.24) is 19.7 Å². The van der Waals surface area contributed by atoms with Crippen molar-refractivity contribution in [3.8, 4) is 23.8 Å². The molecule has 3 aliphatic carbocycles. The predicted molar refractivity (Wildman–Crippen MR) is 115 cm³/mol. The lowest BCUT2D eigenvalue weighted by Crippen LogP contribution is -2.70. The Morgan fingerprint density at radius 3 is 2.52 bits per heavy atom. The Hall–Kier alpha value is -3.91. The molecule has 0 radical (unpaired) electrons. The van der Waals surface area contributed by atoms with E-state index in [1.54, 1.807) is 17.0 Å². The van der Waals surface area contributed by atoms with Crippen molar-refractivity contribution in [3.63, 3.8) is 0 Å². The number of anilines is 1. The molecule has 0 aliphatic heterocycles. The van der Waals surface area contributed by atoms with Crippen molar-refractivity contribution in [2.45, 2.75) is 38.6 Å². The molecule has 2 bridgehead atoms. The van der Waals surface area contributed by atoms with Crippen LogP contribution in [0.2, 0.25) is 0 Å². The van der Waals surface area contributed by atoms with E-state index in [1.165, 1.54) is 6.08 Å². The summed E-state index contributed by atoms with van der Waals surface area (Å²) in [6.45, 7) is 3.94. The molecule has 1 N–H and O–H groups in total. The number of rotatable bonds is 5. The first kappa shape index (κ1) is 19.1. The molecule has 2 heterocycles. The minimum absolute atomic E-state index is 0.0799. The molecule has 0 spiro atoms. The molecule has 8 heteroatoms. The number of nitrogens with zero attached hydrogens (tertiary/aromatic N) is 6. The van der Waals surface area contributed by atoms with Crippen LogP contribution in [-0.2, 0) is 7.05 Å². The molecule has 2 aromatic heterocycles. The minimum atomic E-state index is -0.152. The van der Waals surface area contributed by atoms with Gasteiger partial charge in [0.25, 0.3) is 5.88 Å². The zero-order chi connectivity index (χ0) is 21.8. The second-order valence-electron chi connectivity index (χ2n) is 8.73. The van der Waals surface area contributed by atoms with Crippen LogP contribution in [0, 0.1) is 41.9 Å². The Balaban J connectivity index is 1.50. The van der Waals surface area contributed by atoms with Gasteiger partial charge in [-0.25, -0.2) is 4.98 Å². The average molecular weight is 411 g/mol. The van der Waals surface area contributed by atoms with Gasteiger partial charge < -0.3 is 10.1 Å². The van der Waals surface area contributed by atoms with Crippen molar-refractivity contribution < 1.29 is 4.74 Å². The van der Waals surface area contributed by atoms with E-state index in [0.29, 0.717) is 22.9 Å². The number of hydrogen-bond acceptors (Lipinski definition) is 7. The quantitative estimate of drug-likeness (QED) is 0.627. The zero-order valence-corrected chi connectivity index (χ0v) is 17.6. The van der Waals surface area contributed by atoms with Crippen molar-refractivity contribution in [2.24, 2.45) is 12.5 Å². The SMILES string of the molecule is Cc1cc(/C=C/C#N)cc(C)c1Oc1nc(NC23CC(C#N)(C2)C3)nc2cnn(C)c12. The average Bonchev–Trinajstić information content (AvgIpc) is 3.05. The third kappa shape index (κ3) is 3.00. The first-order valence-corrected chi connectivity index (χ1v) is 10.1. The molecule has 3 aromatic rings. The van der Waals surface area contributed by atoms with Gasteiger partial charge >= 0.3 is 0 Å². The van der Waals surface area contributed by atoms with Gasteiger partial charge in [0.2, 0.25) is 5.95 Å². The Bertz CT molecular complexity index is 1300. The van der Waals surface area contributed by atoms with Crippen LogP contribution in [0.1, 0.15) is 36.0 Å². The van der Waals surface area contributed by atoms with E-state index < -0.39 is 0 Å². The monoisotopic (exact) mass is 411 g/mol. The first-order valence-electron chi connectivity index (χ1n) is 10.1. The van der Waals surface area contributed by atoms with Gasteiger partial charge in [0, 0.05) is 18.7 Å². The number of ether oxygens (including phenoxy) is 1. The molecule has 31 heavy (non-hydrogen) atoms. The van der Waals surface area contributed by atoms with Crippen LogP contribution in [-0.4, -0.2) is 25.3 Å². The molecule has 0 unspecified atom stereocenters. The molecule has 8 nitrogen and oxygen atoms in total. The van der Waals surface area contributed by atoms with E-state index >= 15 is 0 Å². The van der Waals surface area contributed by atoms with Gasteiger partial charge in [-0.3, -0.25) is 4.68 Å². The highest BCUT2D eigenvalue weighted by Crippen LogP contribution is 2.67. The molecule has 3 aliphatic rings. The fourth-order valence-electron chi connectivity index (χ4n) is 4.92. The van der Waals surface area contributed by atoms with E-state index in [4.69, 9.17) is 10.00 Å². The Morgan fingerprint density at radius 1 is 1.16 bits per heavy atom. The fraction of sp³-hybridized carbons (Fsp3) is 0.348. The maximum Gasteiger partial charge on any atom is 0.250 e. The van der Waals surface area contributed by atoms with Gasteiger partial charge in [0.1, 0.15) is 16.8 Å². The second-order valence-corrected chi connectivity index (χ2v) is 8.73. The van der Waals surface area contributed by atoms with E-state index in [2.05, 4.69) is 26.5 Å². The maximum absolute atomic E-state index is 9.28. The highest BCUT2D eigenvalue weighted by atomic mass is 16.5. The predicted octanol–water partition coefficient (Wildman–Crippen LogP) is 4.17. The van der Waals surface area contributed by atoms with Crippen molar-refractivity contribution in [2.75, 3.05) is 5.32 Å². The zero-order valence-electron chi connectivity index (χ0n) is 17.6. The largest absolute Gasteiger partial charge is 0.436 e. The summed E-state index contributed by atoms with van der Waals surface area (Å²) in [7, 11) is 1.83. The topological polar surface area (TPSA) is 112 Å². The summed E-state index contributed by atoms with van der Waals surface area (Å²) in [5.41, 5.74) is 4.00. The van der Waals surface area contributed by atoms with E-state index in [0.717, 1.165) is 41.7 Å². The van der Waals surface area contributed by atoms with E-state index in [1.807, 2.05) is 39.1 Å². The summed E-state index contributed by atoms with van der Waals surface area (Å²) in [4.78, 5) is 9.30. The molecule has 3 fully saturated rings. The third-order valence-corrected chi connectivity index (χ3v) is 6.23. The summed E-state index contributed by atoms with van der Waals surface area (Å²) in [5.74, 6) is 1.64. The molecule has 3 saturated carbocycles. The summed E-state index contributed by atoms with van der Waals surface area (Å²) in [5, 5.41) is 25.8. The smallest absolute Gasteiger partial charge is 0.250 e. The lowest BCUT2D eigenvalue weighted by Gasteiger charge is -2.66. The maximum atomic E-state index is 9.28. The summed E-state index contributed by atoms with van der Waals surface area (Å²) in [6, 6.07) is 8.38. The molecule has 154 valence electrons. The van der Waals surface area contributed by atoms with Gasteiger partial charge in [-0.1, -0.05) is 0 Å². The Morgan fingerprint density at radius 2 is 1.87 bits per heavy atom. The van der Waals surface area contributed by atoms with Gasteiger partial charge in [-0.2, -0.15) is 20.6 Å². The van der Waals surface area contributed by atoms with Gasteiger partial charge in [-0.15, -0.1) is 0 Å². The highest BCUT2D eigenvalue weighted by Gasteiger charge is 2.69. The van der Waals surface area contributed by atoms with Crippen LogP contribution in [0.25, 0.3) is 17.1 Å². The number of fused-ring (bicyclic) bond motifs is 1. The number of aryl methyl sites for hydroxylation is 3. The lowest BCUT2D eigenvalue weighted by atomic mass is 9.40. The van der Waals surface area contributed by atoms with Crippen molar-refractivity contribution in [3.05, 3.63) is 41.1 Å². The summed E-state index contributed by atoms with van der Waals surface area (Å²) >= 11 is 0. The van der Waals surface area contributed by atoms with E-state index in [-0.39, 0.29) is 11.0 Å². The Labute approximate surface area is 179 Å². The fourth-order valence-corrected chi connectivity index (χ4v) is 4.92. The van der Waals surface area contributed by atoms with Gasteiger partial charge in [0.05, 0.1) is 23.8 Å². The van der Waals surface area contributed by atoms with Crippen LogP contribution in [0.5, 0.6) is 11.6 Å². The number of nitrogens with one attached hydrogen (secondary N) is 1. The van der Waals surface area contributed by atoms with Crippen LogP contribution >= 0.6 is 0 Å². The van der Waals surface area contributed by atoms with Crippen LogP contribution in [0.4, 0.5) is 5.95 Å². The molecule has 6 rings (SSSR count). The molecule has 0 amide bonds. The lowest BCUT2D eigenvalue weighted by molar-refractivity contribution is -0.0665. The van der Waals surface area contributed by atoms with E-state index in [9.17, 15) is 5.26 Å². The molecule has 1 aromatic carbocycles. The van der Waals surface area contributed by atoms with Gasteiger partial charge in [0.15, 0.2) is 0 Å². The van der Waals surface area contributed by atoms with Crippen LogP contribution < -0.4 is 10.1 Å².